The van der Waals surface area contributed by atoms with Crippen LogP contribution in [-0.4, -0.2) is 5.11 Å². The summed E-state index contributed by atoms with van der Waals surface area (Å²) >= 11 is 0. The van der Waals surface area contributed by atoms with Crippen molar-refractivity contribution in [1.82, 2.24) is 0 Å². The van der Waals surface area contributed by atoms with Crippen molar-refractivity contribution in [1.29, 1.82) is 0 Å². The Hall–Kier alpha value is -1.02. The molecule has 0 unspecified atom stereocenters. The predicted molar refractivity (Wildman–Crippen MR) is 64.1 cm³/mol. The van der Waals surface area contributed by atoms with Crippen LogP contribution < -0.4 is 5.73 Å². The van der Waals surface area contributed by atoms with Gasteiger partial charge in [-0.25, -0.2) is 0 Å². The lowest BCUT2D eigenvalue weighted by molar-refractivity contribution is 0.461. The van der Waals surface area contributed by atoms with E-state index in [1.54, 1.807) is 6.07 Å². The lowest BCUT2D eigenvalue weighted by atomic mass is 9.79. The third kappa shape index (κ3) is 2.32. The fraction of sp³-hybridized carbons (Fsp3) is 0.538. The minimum atomic E-state index is 0.0266. The molecule has 0 radical (unpaired) electrons. The standard InChI is InChI=1S/C13H21NO/c1-5-9-6-7-11(15)10(8-14)12(9)13(2,3)4/h6-7,15H,5,8,14H2,1-4H3. The maximum atomic E-state index is 9.79. The van der Waals surface area contributed by atoms with Crippen molar-refractivity contribution in [2.75, 3.05) is 0 Å². The number of benzene rings is 1. The molecule has 0 aromatic heterocycles. The number of hydrogen-bond donors (Lipinski definition) is 2. The molecule has 0 fully saturated rings. The van der Waals surface area contributed by atoms with Crippen LogP contribution in [0.1, 0.15) is 44.4 Å². The molecule has 3 N–H and O–H groups in total. The summed E-state index contributed by atoms with van der Waals surface area (Å²) in [6.45, 7) is 8.98. The van der Waals surface area contributed by atoms with E-state index in [0.29, 0.717) is 12.3 Å². The minimum absolute atomic E-state index is 0.0266. The Morgan fingerprint density at radius 2 is 1.87 bits per heavy atom. The topological polar surface area (TPSA) is 46.2 Å². The van der Waals surface area contributed by atoms with Crippen LogP contribution in [0.3, 0.4) is 0 Å². The Balaban J connectivity index is 3.48. The van der Waals surface area contributed by atoms with Crippen LogP contribution >= 0.6 is 0 Å². The molecule has 0 aliphatic carbocycles. The number of nitrogens with two attached hydrogens (primary N) is 1. The van der Waals surface area contributed by atoms with Crippen molar-refractivity contribution in [2.24, 2.45) is 5.73 Å². The van der Waals surface area contributed by atoms with Crippen LogP contribution in [0, 0.1) is 0 Å². The first-order valence-electron chi connectivity index (χ1n) is 5.46. The molecule has 84 valence electrons. The number of hydrogen-bond acceptors (Lipinski definition) is 2. The summed E-state index contributed by atoms with van der Waals surface area (Å²) in [7, 11) is 0. The van der Waals surface area contributed by atoms with Crippen LogP contribution in [0.4, 0.5) is 0 Å². The Morgan fingerprint density at radius 3 is 2.27 bits per heavy atom. The van der Waals surface area contributed by atoms with Gasteiger partial charge in [0.25, 0.3) is 0 Å². The molecule has 0 saturated heterocycles. The van der Waals surface area contributed by atoms with Gasteiger partial charge in [0.05, 0.1) is 0 Å². The highest BCUT2D eigenvalue weighted by Crippen LogP contribution is 2.34. The Bertz CT molecular complexity index is 350. The molecule has 0 spiro atoms. The normalized spacial score (nSPS) is 11.8. The quantitative estimate of drug-likeness (QED) is 0.783. The summed E-state index contributed by atoms with van der Waals surface area (Å²) in [6.07, 6.45) is 0.972. The zero-order valence-corrected chi connectivity index (χ0v) is 10.1. The number of aromatic hydroxyl groups is 1. The van der Waals surface area contributed by atoms with Gasteiger partial charge in [-0.05, 0) is 29.0 Å². The van der Waals surface area contributed by atoms with Crippen molar-refractivity contribution in [3.63, 3.8) is 0 Å². The molecule has 0 heterocycles. The Labute approximate surface area is 92.1 Å². The van der Waals surface area contributed by atoms with Gasteiger partial charge in [-0.3, -0.25) is 0 Å². The number of phenols is 1. The van der Waals surface area contributed by atoms with Gasteiger partial charge in [-0.1, -0.05) is 33.8 Å². The first-order chi connectivity index (χ1) is 6.91. The number of phenolic OH excluding ortho intramolecular Hbond substituents is 1. The molecule has 0 saturated carbocycles. The molecule has 2 heteroatoms. The molecular weight excluding hydrogens is 186 g/mol. The summed E-state index contributed by atoms with van der Waals surface area (Å²) in [5.74, 6) is 0.319. The van der Waals surface area contributed by atoms with Gasteiger partial charge in [-0.2, -0.15) is 0 Å². The molecule has 15 heavy (non-hydrogen) atoms. The number of aryl methyl sites for hydroxylation is 1. The highest BCUT2D eigenvalue weighted by molar-refractivity contribution is 5.47. The maximum Gasteiger partial charge on any atom is 0.120 e. The van der Waals surface area contributed by atoms with Gasteiger partial charge in [0.2, 0.25) is 0 Å². The first kappa shape index (κ1) is 12.1. The fourth-order valence-electron chi connectivity index (χ4n) is 2.12. The van der Waals surface area contributed by atoms with Crippen molar-refractivity contribution in [2.45, 2.75) is 46.1 Å². The fourth-order valence-corrected chi connectivity index (χ4v) is 2.12. The lowest BCUT2D eigenvalue weighted by Crippen LogP contribution is -2.19. The first-order valence-corrected chi connectivity index (χ1v) is 5.46. The van der Waals surface area contributed by atoms with E-state index in [1.807, 2.05) is 6.07 Å². The number of rotatable bonds is 2. The summed E-state index contributed by atoms with van der Waals surface area (Å²) in [5.41, 5.74) is 9.11. The maximum absolute atomic E-state index is 9.79. The highest BCUT2D eigenvalue weighted by atomic mass is 16.3. The van der Waals surface area contributed by atoms with Crippen LogP contribution in [-0.2, 0) is 18.4 Å². The second kappa shape index (κ2) is 4.23. The Kier molecular flexibility index (Phi) is 3.40. The van der Waals surface area contributed by atoms with E-state index >= 15 is 0 Å². The van der Waals surface area contributed by atoms with Crippen molar-refractivity contribution < 1.29 is 5.11 Å². The molecule has 0 bridgehead atoms. The van der Waals surface area contributed by atoms with Crippen molar-refractivity contribution >= 4 is 0 Å². The van der Waals surface area contributed by atoms with Crippen LogP contribution in [0.2, 0.25) is 0 Å². The summed E-state index contributed by atoms with van der Waals surface area (Å²) in [6, 6.07) is 3.74. The largest absolute Gasteiger partial charge is 0.508 e. The van der Waals surface area contributed by atoms with Gasteiger partial charge in [0, 0.05) is 12.1 Å². The van der Waals surface area contributed by atoms with Crippen LogP contribution in [0.25, 0.3) is 0 Å². The molecule has 1 aromatic carbocycles. The molecule has 1 rings (SSSR count). The van der Waals surface area contributed by atoms with Gasteiger partial charge in [0.15, 0.2) is 0 Å². The Morgan fingerprint density at radius 1 is 1.27 bits per heavy atom. The summed E-state index contributed by atoms with van der Waals surface area (Å²) in [4.78, 5) is 0. The van der Waals surface area contributed by atoms with Crippen molar-refractivity contribution in [3.05, 3.63) is 28.8 Å². The van der Waals surface area contributed by atoms with Crippen molar-refractivity contribution in [3.8, 4) is 5.75 Å². The van der Waals surface area contributed by atoms with E-state index in [0.717, 1.165) is 12.0 Å². The van der Waals surface area contributed by atoms with E-state index in [9.17, 15) is 5.11 Å². The SMILES string of the molecule is CCc1ccc(O)c(CN)c1C(C)(C)C. The predicted octanol–water partition coefficient (Wildman–Crippen LogP) is 2.71. The zero-order chi connectivity index (χ0) is 11.6. The molecule has 1 aromatic rings. The van der Waals surface area contributed by atoms with Gasteiger partial charge < -0.3 is 10.8 Å². The zero-order valence-electron chi connectivity index (χ0n) is 10.1. The summed E-state index contributed by atoms with van der Waals surface area (Å²) in [5, 5.41) is 9.79. The molecule has 0 aliphatic heterocycles. The average Bonchev–Trinajstić information content (AvgIpc) is 2.15. The van der Waals surface area contributed by atoms with E-state index in [4.69, 9.17) is 5.73 Å². The molecule has 0 atom stereocenters. The smallest absolute Gasteiger partial charge is 0.120 e. The molecule has 0 amide bonds. The molecular formula is C13H21NO. The molecule has 0 aliphatic rings. The van der Waals surface area contributed by atoms with Gasteiger partial charge in [-0.15, -0.1) is 0 Å². The average molecular weight is 207 g/mol. The lowest BCUT2D eigenvalue weighted by Gasteiger charge is -2.26. The van der Waals surface area contributed by atoms with E-state index < -0.39 is 0 Å². The third-order valence-corrected chi connectivity index (χ3v) is 2.71. The third-order valence-electron chi connectivity index (χ3n) is 2.71. The van der Waals surface area contributed by atoms with Gasteiger partial charge >= 0.3 is 0 Å². The molecule has 2 nitrogen and oxygen atoms in total. The highest BCUT2D eigenvalue weighted by Gasteiger charge is 2.22. The monoisotopic (exact) mass is 207 g/mol. The minimum Gasteiger partial charge on any atom is -0.508 e. The second-order valence-corrected chi connectivity index (χ2v) is 4.91. The summed E-state index contributed by atoms with van der Waals surface area (Å²) < 4.78 is 0. The van der Waals surface area contributed by atoms with E-state index in [2.05, 4.69) is 27.7 Å². The van der Waals surface area contributed by atoms with Gasteiger partial charge in [0.1, 0.15) is 5.75 Å². The van der Waals surface area contributed by atoms with E-state index in [1.165, 1.54) is 11.1 Å². The van der Waals surface area contributed by atoms with Crippen LogP contribution in [0.15, 0.2) is 12.1 Å². The second-order valence-electron chi connectivity index (χ2n) is 4.91. The van der Waals surface area contributed by atoms with Crippen LogP contribution in [0.5, 0.6) is 5.75 Å². The van der Waals surface area contributed by atoms with E-state index in [-0.39, 0.29) is 5.41 Å².